The predicted molar refractivity (Wildman–Crippen MR) is 114 cm³/mol. The van der Waals surface area contributed by atoms with Crippen molar-refractivity contribution in [1.29, 1.82) is 0 Å². The number of benzene rings is 1. The minimum atomic E-state index is -0.829. The lowest BCUT2D eigenvalue weighted by Gasteiger charge is -2.35. The van der Waals surface area contributed by atoms with Gasteiger partial charge in [-0.2, -0.15) is 5.10 Å². The molecule has 1 unspecified atom stereocenters. The molecule has 1 atom stereocenters. The number of hydrogen-bond donors (Lipinski definition) is 1. The number of hydrazone groups is 1. The Balaban J connectivity index is 1.43. The fourth-order valence-corrected chi connectivity index (χ4v) is 3.69. The molecule has 3 heterocycles. The first kappa shape index (κ1) is 21.2. The van der Waals surface area contributed by atoms with Crippen LogP contribution in [0.5, 0.6) is 0 Å². The summed E-state index contributed by atoms with van der Waals surface area (Å²) in [6.07, 6.45) is 1.27. The molecular weight excluding hydrogens is 421 g/mol. The second-order valence-corrected chi connectivity index (χ2v) is 7.40. The van der Waals surface area contributed by atoms with Crippen molar-refractivity contribution in [1.82, 2.24) is 9.88 Å². The highest BCUT2D eigenvalue weighted by Crippen LogP contribution is 2.26. The van der Waals surface area contributed by atoms with Gasteiger partial charge in [-0.1, -0.05) is 0 Å². The van der Waals surface area contributed by atoms with Gasteiger partial charge in [-0.3, -0.25) is 24.7 Å². The first-order valence-electron chi connectivity index (χ1n) is 9.90. The first-order chi connectivity index (χ1) is 15.3. The van der Waals surface area contributed by atoms with E-state index in [-0.39, 0.29) is 23.7 Å². The smallest absolute Gasteiger partial charge is 0.287 e. The molecule has 12 heteroatoms. The largest absolute Gasteiger partial charge is 0.368 e. The third kappa shape index (κ3) is 4.19. The van der Waals surface area contributed by atoms with Gasteiger partial charge in [0.05, 0.1) is 10.6 Å². The topological polar surface area (TPSA) is 138 Å². The van der Waals surface area contributed by atoms with Gasteiger partial charge in [-0.05, 0) is 30.3 Å². The van der Waals surface area contributed by atoms with Crippen LogP contribution in [0, 0.1) is 15.9 Å². The van der Waals surface area contributed by atoms with Crippen LogP contribution in [0.15, 0.2) is 47.7 Å². The number of hydrogen-bond acceptors (Lipinski definition) is 8. The molecule has 2 aliphatic rings. The van der Waals surface area contributed by atoms with Crippen molar-refractivity contribution < 1.29 is 18.9 Å². The SMILES string of the molecule is NC(=O)C1CC(C(=O)N2CCN(c3ccc([N+](=O)[O-])cn3)CC2)=NN1c1ccc(F)cc1. The number of halogens is 1. The van der Waals surface area contributed by atoms with Crippen LogP contribution in [0.2, 0.25) is 0 Å². The fourth-order valence-electron chi connectivity index (χ4n) is 3.69. The van der Waals surface area contributed by atoms with Crippen LogP contribution in [0.4, 0.5) is 21.6 Å². The van der Waals surface area contributed by atoms with Crippen LogP contribution in [0.25, 0.3) is 0 Å². The molecule has 2 aliphatic heterocycles. The Labute approximate surface area is 182 Å². The van der Waals surface area contributed by atoms with Crippen molar-refractivity contribution in [3.05, 3.63) is 58.5 Å². The lowest BCUT2D eigenvalue weighted by atomic mass is 10.1. The highest BCUT2D eigenvalue weighted by atomic mass is 19.1. The molecule has 0 spiro atoms. The number of carbonyl (C=O) groups is 2. The molecule has 32 heavy (non-hydrogen) atoms. The molecule has 2 N–H and O–H groups in total. The van der Waals surface area contributed by atoms with Crippen LogP contribution < -0.4 is 15.6 Å². The van der Waals surface area contributed by atoms with Crippen LogP contribution in [-0.4, -0.2) is 64.6 Å². The maximum Gasteiger partial charge on any atom is 0.287 e. The molecule has 0 aliphatic carbocycles. The van der Waals surface area contributed by atoms with Crippen molar-refractivity contribution in [2.75, 3.05) is 36.1 Å². The number of nitrogens with two attached hydrogens (primary N) is 1. The third-order valence-electron chi connectivity index (χ3n) is 5.41. The Hall–Kier alpha value is -4.09. The average Bonchev–Trinajstić information content (AvgIpc) is 3.25. The van der Waals surface area contributed by atoms with Gasteiger partial charge in [0, 0.05) is 38.7 Å². The quantitative estimate of drug-likeness (QED) is 0.537. The first-order valence-corrected chi connectivity index (χ1v) is 9.90. The van der Waals surface area contributed by atoms with Gasteiger partial charge < -0.3 is 15.5 Å². The maximum atomic E-state index is 13.2. The van der Waals surface area contributed by atoms with E-state index in [1.54, 1.807) is 11.0 Å². The molecule has 1 fully saturated rings. The van der Waals surface area contributed by atoms with E-state index in [0.29, 0.717) is 37.7 Å². The Morgan fingerprint density at radius 2 is 1.78 bits per heavy atom. The van der Waals surface area contributed by atoms with Crippen LogP contribution in [0.1, 0.15) is 6.42 Å². The summed E-state index contributed by atoms with van der Waals surface area (Å²) in [6, 6.07) is 7.57. The molecule has 0 bridgehead atoms. The molecular formula is C20H20FN7O4. The summed E-state index contributed by atoms with van der Waals surface area (Å²) in [5.41, 5.74) is 6.09. The van der Waals surface area contributed by atoms with Crippen LogP contribution in [0.3, 0.4) is 0 Å². The molecule has 0 saturated carbocycles. The molecule has 1 saturated heterocycles. The van der Waals surface area contributed by atoms with Crippen molar-refractivity contribution in [3.8, 4) is 0 Å². The number of aromatic nitrogens is 1. The lowest BCUT2D eigenvalue weighted by molar-refractivity contribution is -0.385. The number of piperazine rings is 1. The number of anilines is 2. The van der Waals surface area contributed by atoms with Gasteiger partial charge in [0.15, 0.2) is 0 Å². The standard InChI is InChI=1S/C20H20FN7O4/c21-13-1-3-14(4-2-13)27-17(19(22)29)11-16(24-27)20(30)26-9-7-25(8-10-26)18-6-5-15(12-23-18)28(31)32/h1-6,12,17H,7-11H2,(H2,22,29). The maximum absolute atomic E-state index is 13.2. The van der Waals surface area contributed by atoms with E-state index in [2.05, 4.69) is 10.1 Å². The van der Waals surface area contributed by atoms with Gasteiger partial charge in [0.2, 0.25) is 5.91 Å². The Morgan fingerprint density at radius 1 is 1.09 bits per heavy atom. The molecule has 0 radical (unpaired) electrons. The normalized spacial score (nSPS) is 18.5. The molecule has 11 nitrogen and oxygen atoms in total. The van der Waals surface area contributed by atoms with Crippen molar-refractivity contribution in [3.63, 3.8) is 0 Å². The van der Waals surface area contributed by atoms with Gasteiger partial charge in [0.25, 0.3) is 11.6 Å². The number of pyridine rings is 1. The van der Waals surface area contributed by atoms with E-state index >= 15 is 0 Å². The van der Waals surface area contributed by atoms with Gasteiger partial charge in [0.1, 0.15) is 29.6 Å². The number of rotatable bonds is 5. The van der Waals surface area contributed by atoms with Crippen molar-refractivity contribution >= 4 is 34.7 Å². The second kappa shape index (κ2) is 8.57. The van der Waals surface area contributed by atoms with Gasteiger partial charge in [-0.15, -0.1) is 0 Å². The summed E-state index contributed by atoms with van der Waals surface area (Å²) >= 11 is 0. The van der Waals surface area contributed by atoms with Gasteiger partial charge in [-0.25, -0.2) is 9.37 Å². The number of carbonyl (C=O) groups excluding carboxylic acids is 2. The minimum Gasteiger partial charge on any atom is -0.368 e. The molecule has 166 valence electrons. The summed E-state index contributed by atoms with van der Waals surface area (Å²) in [4.78, 5) is 42.9. The van der Waals surface area contributed by atoms with E-state index in [1.807, 2.05) is 4.90 Å². The number of amides is 2. The summed E-state index contributed by atoms with van der Waals surface area (Å²) < 4.78 is 13.2. The Kier molecular flexibility index (Phi) is 5.67. The molecule has 2 aromatic rings. The second-order valence-electron chi connectivity index (χ2n) is 7.40. The van der Waals surface area contributed by atoms with E-state index in [1.165, 1.54) is 41.5 Å². The Bertz CT molecular complexity index is 1070. The van der Waals surface area contributed by atoms with Crippen molar-refractivity contribution in [2.24, 2.45) is 10.8 Å². The van der Waals surface area contributed by atoms with E-state index in [0.717, 1.165) is 0 Å². The van der Waals surface area contributed by atoms with Crippen LogP contribution >= 0.6 is 0 Å². The molecule has 2 amide bonds. The van der Waals surface area contributed by atoms with E-state index in [9.17, 15) is 24.1 Å². The summed E-state index contributed by atoms with van der Waals surface area (Å²) in [7, 11) is 0. The van der Waals surface area contributed by atoms with E-state index in [4.69, 9.17) is 5.73 Å². The third-order valence-corrected chi connectivity index (χ3v) is 5.41. The molecule has 4 rings (SSSR count). The number of nitrogens with zero attached hydrogens (tertiary/aromatic N) is 6. The highest BCUT2D eigenvalue weighted by Gasteiger charge is 2.37. The molecule has 1 aromatic carbocycles. The summed E-state index contributed by atoms with van der Waals surface area (Å²) in [5.74, 6) is -0.756. The monoisotopic (exact) mass is 441 g/mol. The summed E-state index contributed by atoms with van der Waals surface area (Å²) in [6.45, 7) is 1.78. The molecule has 1 aromatic heterocycles. The van der Waals surface area contributed by atoms with Crippen LogP contribution in [-0.2, 0) is 9.59 Å². The zero-order chi connectivity index (χ0) is 22.8. The number of nitro groups is 1. The zero-order valence-corrected chi connectivity index (χ0v) is 16.9. The minimum absolute atomic E-state index is 0.0651. The van der Waals surface area contributed by atoms with Gasteiger partial charge >= 0.3 is 0 Å². The number of primary amides is 1. The average molecular weight is 441 g/mol. The fraction of sp³-hybridized carbons (Fsp3) is 0.300. The van der Waals surface area contributed by atoms with Crippen molar-refractivity contribution in [2.45, 2.75) is 12.5 Å². The highest BCUT2D eigenvalue weighted by molar-refractivity contribution is 6.40. The Morgan fingerprint density at radius 3 is 2.34 bits per heavy atom. The predicted octanol–water partition coefficient (Wildman–Crippen LogP) is 0.898. The summed E-state index contributed by atoms with van der Waals surface area (Å²) in [5, 5.41) is 16.4. The van der Waals surface area contributed by atoms with E-state index < -0.39 is 22.7 Å². The zero-order valence-electron chi connectivity index (χ0n) is 16.9. The lowest BCUT2D eigenvalue weighted by Crippen LogP contribution is -2.51.